The molecule has 118 valence electrons. The van der Waals surface area contributed by atoms with Crippen molar-refractivity contribution in [3.63, 3.8) is 0 Å². The second kappa shape index (κ2) is 6.85. The van der Waals surface area contributed by atoms with Crippen LogP contribution in [-0.2, 0) is 16.6 Å². The molecule has 4 nitrogen and oxygen atoms in total. The fourth-order valence-electron chi connectivity index (χ4n) is 2.82. The van der Waals surface area contributed by atoms with Crippen molar-refractivity contribution in [3.05, 3.63) is 29.6 Å². The van der Waals surface area contributed by atoms with Gasteiger partial charge in [0.2, 0.25) is 10.0 Å². The van der Waals surface area contributed by atoms with Gasteiger partial charge in [-0.2, -0.15) is 4.31 Å². The standard InChI is InChI=1S/C15H22FNO3S/c1-17(13-6-4-2-3-5-7-13)21(19,20)14-8-9-15(16)12(10-14)11-18/h8-10,13,18H,2-7,11H2,1H3. The molecule has 1 saturated carbocycles. The maximum Gasteiger partial charge on any atom is 0.243 e. The van der Waals surface area contributed by atoms with E-state index in [2.05, 4.69) is 0 Å². The van der Waals surface area contributed by atoms with Gasteiger partial charge in [-0.15, -0.1) is 0 Å². The molecular formula is C15H22FNO3S. The van der Waals surface area contributed by atoms with Crippen molar-refractivity contribution in [3.8, 4) is 0 Å². The lowest BCUT2D eigenvalue weighted by Gasteiger charge is -2.26. The number of hydrogen-bond acceptors (Lipinski definition) is 3. The Hall–Kier alpha value is -0.980. The fourth-order valence-corrected chi connectivity index (χ4v) is 4.28. The Bertz CT molecular complexity index is 581. The highest BCUT2D eigenvalue weighted by Gasteiger charge is 2.28. The molecule has 1 fully saturated rings. The van der Waals surface area contributed by atoms with E-state index in [4.69, 9.17) is 5.11 Å². The van der Waals surface area contributed by atoms with E-state index >= 15 is 0 Å². The van der Waals surface area contributed by atoms with Crippen molar-refractivity contribution in [2.75, 3.05) is 7.05 Å². The molecular weight excluding hydrogens is 293 g/mol. The predicted octanol–water partition coefficient (Wildman–Crippen LogP) is 2.66. The zero-order chi connectivity index (χ0) is 15.5. The van der Waals surface area contributed by atoms with Crippen LogP contribution in [-0.4, -0.2) is 30.9 Å². The molecule has 0 aromatic heterocycles. The van der Waals surface area contributed by atoms with Crippen LogP contribution < -0.4 is 0 Å². The van der Waals surface area contributed by atoms with E-state index in [9.17, 15) is 12.8 Å². The smallest absolute Gasteiger partial charge is 0.243 e. The number of aliphatic hydroxyl groups excluding tert-OH is 1. The first-order chi connectivity index (χ1) is 9.96. The summed E-state index contributed by atoms with van der Waals surface area (Å²) < 4.78 is 40.1. The van der Waals surface area contributed by atoms with Gasteiger partial charge in [0.25, 0.3) is 0 Å². The first kappa shape index (κ1) is 16.4. The molecule has 0 atom stereocenters. The van der Waals surface area contributed by atoms with Crippen LogP contribution in [0.4, 0.5) is 4.39 Å². The largest absolute Gasteiger partial charge is 0.392 e. The minimum Gasteiger partial charge on any atom is -0.392 e. The minimum atomic E-state index is -3.65. The van der Waals surface area contributed by atoms with Crippen molar-refractivity contribution < 1.29 is 17.9 Å². The van der Waals surface area contributed by atoms with Crippen molar-refractivity contribution in [1.82, 2.24) is 4.31 Å². The van der Waals surface area contributed by atoms with E-state index in [0.717, 1.165) is 44.6 Å². The zero-order valence-electron chi connectivity index (χ0n) is 12.3. The Morgan fingerprint density at radius 1 is 1.24 bits per heavy atom. The SMILES string of the molecule is CN(C1CCCCCC1)S(=O)(=O)c1ccc(F)c(CO)c1. The van der Waals surface area contributed by atoms with Crippen LogP contribution in [0.25, 0.3) is 0 Å². The number of hydrogen-bond donors (Lipinski definition) is 1. The number of aliphatic hydroxyl groups is 1. The molecule has 1 aromatic rings. The summed E-state index contributed by atoms with van der Waals surface area (Å²) in [5.74, 6) is -0.589. The molecule has 0 amide bonds. The summed E-state index contributed by atoms with van der Waals surface area (Å²) in [4.78, 5) is 0.0414. The van der Waals surface area contributed by atoms with Gasteiger partial charge in [0.05, 0.1) is 11.5 Å². The number of halogens is 1. The summed E-state index contributed by atoms with van der Waals surface area (Å²) in [5.41, 5.74) is 0.00495. The summed E-state index contributed by atoms with van der Waals surface area (Å²) >= 11 is 0. The minimum absolute atomic E-state index is 0.000120. The van der Waals surface area contributed by atoms with E-state index < -0.39 is 22.4 Å². The Morgan fingerprint density at radius 3 is 2.43 bits per heavy atom. The first-order valence-electron chi connectivity index (χ1n) is 7.34. The molecule has 0 spiro atoms. The molecule has 0 aliphatic heterocycles. The molecule has 1 N–H and O–H groups in total. The average molecular weight is 315 g/mol. The van der Waals surface area contributed by atoms with Crippen molar-refractivity contribution in [1.29, 1.82) is 0 Å². The van der Waals surface area contributed by atoms with Crippen LogP contribution in [0.2, 0.25) is 0 Å². The summed E-state index contributed by atoms with van der Waals surface area (Å²) in [6.07, 6.45) is 6.10. The highest BCUT2D eigenvalue weighted by molar-refractivity contribution is 7.89. The van der Waals surface area contributed by atoms with Crippen LogP contribution >= 0.6 is 0 Å². The quantitative estimate of drug-likeness (QED) is 0.869. The normalized spacial score (nSPS) is 17.9. The van der Waals surface area contributed by atoms with Gasteiger partial charge in [0.1, 0.15) is 5.82 Å². The summed E-state index contributed by atoms with van der Waals surface area (Å²) in [7, 11) is -2.06. The molecule has 1 aliphatic rings. The Morgan fingerprint density at radius 2 is 1.86 bits per heavy atom. The van der Waals surface area contributed by atoms with Gasteiger partial charge in [-0.1, -0.05) is 25.7 Å². The summed E-state index contributed by atoms with van der Waals surface area (Å²) in [6, 6.07) is 3.58. The van der Waals surface area contributed by atoms with Gasteiger partial charge >= 0.3 is 0 Å². The molecule has 2 rings (SSSR count). The van der Waals surface area contributed by atoms with Crippen LogP contribution in [0.5, 0.6) is 0 Å². The molecule has 21 heavy (non-hydrogen) atoms. The number of nitrogens with zero attached hydrogens (tertiary/aromatic N) is 1. The van der Waals surface area contributed by atoms with E-state index in [0.29, 0.717) is 0 Å². The van der Waals surface area contributed by atoms with Gasteiger partial charge in [-0.3, -0.25) is 0 Å². The van der Waals surface area contributed by atoms with E-state index in [1.807, 2.05) is 0 Å². The lowest BCUT2D eigenvalue weighted by Crippen LogP contribution is -2.36. The van der Waals surface area contributed by atoms with E-state index in [1.54, 1.807) is 7.05 Å². The molecule has 1 aromatic carbocycles. The van der Waals surface area contributed by atoms with Crippen LogP contribution in [0.1, 0.15) is 44.1 Å². The number of rotatable bonds is 4. The molecule has 6 heteroatoms. The monoisotopic (exact) mass is 315 g/mol. The van der Waals surface area contributed by atoms with E-state index in [1.165, 1.54) is 16.4 Å². The lowest BCUT2D eigenvalue weighted by molar-refractivity contribution is 0.275. The maximum atomic E-state index is 13.4. The third kappa shape index (κ3) is 3.62. The zero-order valence-corrected chi connectivity index (χ0v) is 13.1. The highest BCUT2D eigenvalue weighted by atomic mass is 32.2. The highest BCUT2D eigenvalue weighted by Crippen LogP contribution is 2.26. The molecule has 0 unspecified atom stereocenters. The lowest BCUT2D eigenvalue weighted by atomic mass is 10.1. The number of sulfonamides is 1. The molecule has 0 saturated heterocycles. The van der Waals surface area contributed by atoms with Crippen LogP contribution in [0.3, 0.4) is 0 Å². The van der Waals surface area contributed by atoms with Gasteiger partial charge in [-0.05, 0) is 31.0 Å². The maximum absolute atomic E-state index is 13.4. The molecule has 1 aliphatic carbocycles. The Balaban J connectivity index is 2.27. The molecule has 0 radical (unpaired) electrons. The summed E-state index contributed by atoms with van der Waals surface area (Å²) in [5, 5.41) is 9.08. The first-order valence-corrected chi connectivity index (χ1v) is 8.78. The van der Waals surface area contributed by atoms with Crippen molar-refractivity contribution in [2.24, 2.45) is 0 Å². The van der Waals surface area contributed by atoms with Gasteiger partial charge in [-0.25, -0.2) is 12.8 Å². The fraction of sp³-hybridized carbons (Fsp3) is 0.600. The van der Waals surface area contributed by atoms with Crippen LogP contribution in [0, 0.1) is 5.82 Å². The topological polar surface area (TPSA) is 57.6 Å². The average Bonchev–Trinajstić information content (AvgIpc) is 2.75. The second-order valence-corrected chi connectivity index (χ2v) is 7.58. The Labute approximate surface area is 125 Å². The Kier molecular flexibility index (Phi) is 5.35. The van der Waals surface area contributed by atoms with Gasteiger partial charge in [0.15, 0.2) is 0 Å². The second-order valence-electron chi connectivity index (χ2n) is 5.58. The van der Waals surface area contributed by atoms with E-state index in [-0.39, 0.29) is 16.5 Å². The van der Waals surface area contributed by atoms with Crippen LogP contribution in [0.15, 0.2) is 23.1 Å². The number of benzene rings is 1. The summed E-state index contributed by atoms with van der Waals surface area (Å²) in [6.45, 7) is -0.512. The van der Waals surface area contributed by atoms with Gasteiger partial charge in [0, 0.05) is 18.7 Å². The van der Waals surface area contributed by atoms with Gasteiger partial charge < -0.3 is 5.11 Å². The van der Waals surface area contributed by atoms with Crippen molar-refractivity contribution >= 4 is 10.0 Å². The molecule has 0 heterocycles. The predicted molar refractivity (Wildman–Crippen MR) is 78.8 cm³/mol. The molecule has 0 bridgehead atoms. The third-order valence-electron chi connectivity index (χ3n) is 4.20. The van der Waals surface area contributed by atoms with Crippen molar-refractivity contribution in [2.45, 2.75) is 56.1 Å². The third-order valence-corrected chi connectivity index (χ3v) is 6.11.